The van der Waals surface area contributed by atoms with Crippen molar-refractivity contribution >= 4 is 0 Å². The first-order valence-corrected chi connectivity index (χ1v) is 6.54. The van der Waals surface area contributed by atoms with E-state index in [-0.39, 0.29) is 11.8 Å². The zero-order chi connectivity index (χ0) is 12.8. The summed E-state index contributed by atoms with van der Waals surface area (Å²) in [6, 6.07) is 0. The van der Waals surface area contributed by atoms with E-state index in [1.807, 2.05) is 20.8 Å². The van der Waals surface area contributed by atoms with Gasteiger partial charge in [-0.1, -0.05) is 38.2 Å². The predicted molar refractivity (Wildman–Crippen MR) is 69.5 cm³/mol. The second kappa shape index (κ2) is 3.96. The van der Waals surface area contributed by atoms with Crippen molar-refractivity contribution in [3.63, 3.8) is 0 Å². The Balaban J connectivity index is 2.40. The molecule has 0 heterocycles. The lowest BCUT2D eigenvalue weighted by molar-refractivity contribution is -0.194. The van der Waals surface area contributed by atoms with E-state index in [2.05, 4.69) is 18.7 Å². The Labute approximate surface area is 104 Å². The van der Waals surface area contributed by atoms with Crippen LogP contribution in [0.15, 0.2) is 24.3 Å². The Hall–Kier alpha value is -0.600. The number of hydrogen-bond donors (Lipinski definition) is 2. The number of hydrogen-bond acceptors (Lipinski definition) is 2. The van der Waals surface area contributed by atoms with Crippen LogP contribution in [0.5, 0.6) is 0 Å². The van der Waals surface area contributed by atoms with Gasteiger partial charge in [-0.2, -0.15) is 0 Å². The van der Waals surface area contributed by atoms with E-state index in [1.54, 1.807) is 0 Å². The molecule has 2 rings (SSSR count). The fourth-order valence-electron chi connectivity index (χ4n) is 3.58. The third-order valence-corrected chi connectivity index (χ3v) is 5.21. The van der Waals surface area contributed by atoms with E-state index >= 15 is 0 Å². The van der Waals surface area contributed by atoms with Gasteiger partial charge in [0.1, 0.15) is 0 Å². The lowest BCUT2D eigenvalue weighted by Gasteiger charge is -2.57. The van der Waals surface area contributed by atoms with Crippen LogP contribution < -0.4 is 0 Å². The summed E-state index contributed by atoms with van der Waals surface area (Å²) < 4.78 is 0. The highest BCUT2D eigenvalue weighted by molar-refractivity contribution is 5.20. The molecule has 0 radical (unpaired) electrons. The molecule has 2 nitrogen and oxygen atoms in total. The molecule has 0 amide bonds. The SMILES string of the molecule is C=C(C)[C@@H]1C[C@@H](O)[C@]2(C)CC=C[C@@H](C)[C@@]2(O)C1. The highest BCUT2D eigenvalue weighted by atomic mass is 16.3. The topological polar surface area (TPSA) is 40.5 Å². The first-order chi connectivity index (χ1) is 7.81. The van der Waals surface area contributed by atoms with E-state index < -0.39 is 17.1 Å². The van der Waals surface area contributed by atoms with Crippen LogP contribution in [0.2, 0.25) is 0 Å². The molecule has 17 heavy (non-hydrogen) atoms. The second-order valence-corrected chi connectivity index (χ2v) is 6.26. The van der Waals surface area contributed by atoms with Crippen LogP contribution in [0.25, 0.3) is 0 Å². The molecule has 2 N–H and O–H groups in total. The normalized spacial score (nSPS) is 49.8. The summed E-state index contributed by atoms with van der Waals surface area (Å²) in [6.45, 7) is 10.0. The molecule has 1 fully saturated rings. The van der Waals surface area contributed by atoms with Crippen molar-refractivity contribution in [3.8, 4) is 0 Å². The van der Waals surface area contributed by atoms with Gasteiger partial charge in [0.25, 0.3) is 0 Å². The molecule has 2 aliphatic carbocycles. The average molecular weight is 236 g/mol. The van der Waals surface area contributed by atoms with E-state index in [1.165, 1.54) is 0 Å². The third-order valence-electron chi connectivity index (χ3n) is 5.21. The van der Waals surface area contributed by atoms with Gasteiger partial charge in [0.05, 0.1) is 11.7 Å². The van der Waals surface area contributed by atoms with Crippen LogP contribution in [0.3, 0.4) is 0 Å². The largest absolute Gasteiger partial charge is 0.392 e. The summed E-state index contributed by atoms with van der Waals surface area (Å²) in [5.74, 6) is 0.329. The van der Waals surface area contributed by atoms with Crippen LogP contribution in [0, 0.1) is 17.3 Å². The Kier molecular flexibility index (Phi) is 2.99. The summed E-state index contributed by atoms with van der Waals surface area (Å²) >= 11 is 0. The van der Waals surface area contributed by atoms with Crippen LogP contribution in [0.4, 0.5) is 0 Å². The molecule has 1 saturated carbocycles. The molecule has 0 spiro atoms. The van der Waals surface area contributed by atoms with Gasteiger partial charge in [0.2, 0.25) is 0 Å². The van der Waals surface area contributed by atoms with Gasteiger partial charge >= 0.3 is 0 Å². The third kappa shape index (κ3) is 1.69. The number of rotatable bonds is 1. The first kappa shape index (κ1) is 12.8. The minimum Gasteiger partial charge on any atom is -0.392 e. The molecule has 0 bridgehead atoms. The Morgan fingerprint density at radius 2 is 2.12 bits per heavy atom. The molecule has 0 aromatic heterocycles. The first-order valence-electron chi connectivity index (χ1n) is 6.54. The fraction of sp³-hybridized carbons (Fsp3) is 0.733. The van der Waals surface area contributed by atoms with Gasteiger partial charge in [-0.05, 0) is 32.1 Å². The van der Waals surface area contributed by atoms with Gasteiger partial charge in [-0.25, -0.2) is 0 Å². The molecule has 0 aliphatic heterocycles. The molecule has 0 unspecified atom stereocenters. The maximum atomic E-state index is 11.1. The lowest BCUT2D eigenvalue weighted by atomic mass is 9.52. The highest BCUT2D eigenvalue weighted by Gasteiger charge is 2.58. The van der Waals surface area contributed by atoms with E-state index in [0.717, 1.165) is 24.8 Å². The lowest BCUT2D eigenvalue weighted by Crippen LogP contribution is -2.62. The van der Waals surface area contributed by atoms with E-state index in [9.17, 15) is 10.2 Å². The molecule has 96 valence electrons. The zero-order valence-electron chi connectivity index (χ0n) is 11.1. The van der Waals surface area contributed by atoms with Crippen LogP contribution in [0.1, 0.15) is 40.0 Å². The number of aliphatic hydroxyl groups excluding tert-OH is 1. The van der Waals surface area contributed by atoms with Crippen molar-refractivity contribution in [2.24, 2.45) is 17.3 Å². The van der Waals surface area contributed by atoms with Crippen LogP contribution >= 0.6 is 0 Å². The van der Waals surface area contributed by atoms with Crippen molar-refractivity contribution in [2.75, 3.05) is 0 Å². The number of allylic oxidation sites excluding steroid dienone is 2. The van der Waals surface area contributed by atoms with Crippen molar-refractivity contribution < 1.29 is 10.2 Å². The molecular weight excluding hydrogens is 212 g/mol. The van der Waals surface area contributed by atoms with Crippen molar-refractivity contribution in [3.05, 3.63) is 24.3 Å². The molecule has 0 aromatic rings. The molecule has 2 heteroatoms. The van der Waals surface area contributed by atoms with Crippen molar-refractivity contribution in [1.82, 2.24) is 0 Å². The van der Waals surface area contributed by atoms with Crippen LogP contribution in [-0.2, 0) is 0 Å². The minimum absolute atomic E-state index is 0.0954. The zero-order valence-corrected chi connectivity index (χ0v) is 11.1. The summed E-state index contributed by atoms with van der Waals surface area (Å²) in [5, 5.41) is 21.5. The minimum atomic E-state index is -0.803. The van der Waals surface area contributed by atoms with E-state index in [4.69, 9.17) is 0 Å². The summed E-state index contributed by atoms with van der Waals surface area (Å²) in [4.78, 5) is 0. The fourth-order valence-corrected chi connectivity index (χ4v) is 3.58. The Morgan fingerprint density at radius 3 is 2.71 bits per heavy atom. The maximum Gasteiger partial charge on any atom is 0.0794 e. The molecule has 0 aromatic carbocycles. The Bertz CT molecular complexity index is 360. The van der Waals surface area contributed by atoms with Crippen LogP contribution in [-0.4, -0.2) is 21.9 Å². The Morgan fingerprint density at radius 1 is 1.47 bits per heavy atom. The number of fused-ring (bicyclic) bond motifs is 1. The standard InChI is InChI=1S/C15H24O2/c1-10(2)12-8-13(16)14(4)7-5-6-11(3)15(14,17)9-12/h5-6,11-13,16-17H,1,7-9H2,2-4H3/t11-,12-,13-,14+,15+/m1/s1. The van der Waals surface area contributed by atoms with Gasteiger partial charge in [0, 0.05) is 11.3 Å². The molecule has 5 atom stereocenters. The quantitative estimate of drug-likeness (QED) is 0.687. The second-order valence-electron chi connectivity index (χ2n) is 6.26. The summed E-state index contributed by atoms with van der Waals surface area (Å²) in [5.41, 5.74) is -0.142. The number of aliphatic hydroxyl groups is 2. The van der Waals surface area contributed by atoms with E-state index in [0.29, 0.717) is 0 Å². The van der Waals surface area contributed by atoms with Crippen molar-refractivity contribution in [1.29, 1.82) is 0 Å². The van der Waals surface area contributed by atoms with Gasteiger partial charge < -0.3 is 10.2 Å². The smallest absolute Gasteiger partial charge is 0.0794 e. The maximum absolute atomic E-state index is 11.1. The highest BCUT2D eigenvalue weighted by Crippen LogP contribution is 2.55. The van der Waals surface area contributed by atoms with Gasteiger partial charge in [-0.15, -0.1) is 0 Å². The van der Waals surface area contributed by atoms with Gasteiger partial charge in [0.15, 0.2) is 0 Å². The molecular formula is C15H24O2. The van der Waals surface area contributed by atoms with Gasteiger partial charge in [-0.3, -0.25) is 0 Å². The summed E-state index contributed by atoms with van der Waals surface area (Å²) in [7, 11) is 0. The monoisotopic (exact) mass is 236 g/mol. The molecule has 0 saturated heterocycles. The summed E-state index contributed by atoms with van der Waals surface area (Å²) in [6.07, 6.45) is 5.95. The molecule has 2 aliphatic rings. The van der Waals surface area contributed by atoms with Crippen molar-refractivity contribution in [2.45, 2.75) is 51.7 Å². The predicted octanol–water partition coefficient (Wildman–Crippen LogP) is 2.67. The average Bonchev–Trinajstić information content (AvgIpc) is 2.23.